The second-order valence-corrected chi connectivity index (χ2v) is 17.1. The number of thiophene rings is 1. The van der Waals surface area contributed by atoms with Crippen LogP contribution in [0, 0.1) is 0 Å². The average Bonchev–Trinajstić information content (AvgIpc) is 3.97. The van der Waals surface area contributed by atoms with Crippen LogP contribution in [-0.4, -0.2) is 9.13 Å². The normalized spacial score (nSPS) is 12.6. The van der Waals surface area contributed by atoms with Gasteiger partial charge in [-0.15, -0.1) is 11.3 Å². The molecule has 0 saturated carbocycles. The molecule has 59 heavy (non-hydrogen) atoms. The van der Waals surface area contributed by atoms with Gasteiger partial charge in [-0.2, -0.15) is 0 Å². The topological polar surface area (TPSA) is 9.86 Å². The van der Waals surface area contributed by atoms with Crippen LogP contribution in [0.3, 0.4) is 0 Å². The van der Waals surface area contributed by atoms with Crippen LogP contribution < -0.4 is 0 Å². The Kier molecular flexibility index (Phi) is 7.04. The third kappa shape index (κ3) is 4.92. The van der Waals surface area contributed by atoms with Crippen LogP contribution in [0.5, 0.6) is 0 Å². The zero-order chi connectivity index (χ0) is 38.6. The molecule has 0 spiro atoms. The van der Waals surface area contributed by atoms with E-state index in [2.05, 4.69) is 203 Å². The molecule has 3 aromatic heterocycles. The van der Waals surface area contributed by atoms with Crippen molar-refractivity contribution in [3.8, 4) is 44.8 Å². The van der Waals surface area contributed by atoms with Gasteiger partial charge in [0.05, 0.1) is 22.1 Å². The molecule has 2 nitrogen and oxygen atoms in total. The van der Waals surface area contributed by atoms with Crippen molar-refractivity contribution in [3.63, 3.8) is 0 Å². The van der Waals surface area contributed by atoms with E-state index in [0.717, 1.165) is 12.8 Å². The monoisotopic (exact) mass is 768 g/mol. The Morgan fingerprint density at radius 3 is 1.54 bits per heavy atom. The van der Waals surface area contributed by atoms with E-state index >= 15 is 0 Å². The SMILES string of the molecule is c1ccc(-c2cc(-c3ccccc3)cc(-n3c4cc(-c5cccc6c5sc5ccccc56)cc5c4c4c(cc(-n6c7ccccc7c7ccccc76)cc43)CC5)c2)cc1. The number of aryl methyl sites for hydroxylation is 2. The molecule has 0 atom stereocenters. The molecule has 0 amide bonds. The van der Waals surface area contributed by atoms with Gasteiger partial charge in [-0.1, -0.05) is 140 Å². The van der Waals surface area contributed by atoms with E-state index in [9.17, 15) is 0 Å². The molecular formula is C56H36N2S. The summed E-state index contributed by atoms with van der Waals surface area (Å²) in [5, 5.41) is 7.99. The first-order chi connectivity index (χ1) is 29.2. The summed E-state index contributed by atoms with van der Waals surface area (Å²) in [5.41, 5.74) is 17.6. The maximum Gasteiger partial charge on any atom is 0.0564 e. The van der Waals surface area contributed by atoms with Crippen molar-refractivity contribution in [2.24, 2.45) is 0 Å². The minimum Gasteiger partial charge on any atom is -0.309 e. The lowest BCUT2D eigenvalue weighted by Crippen LogP contribution is -2.02. The summed E-state index contributed by atoms with van der Waals surface area (Å²) in [5.74, 6) is 0. The van der Waals surface area contributed by atoms with Gasteiger partial charge in [-0.05, 0) is 112 Å². The van der Waals surface area contributed by atoms with E-state index in [-0.39, 0.29) is 0 Å². The Morgan fingerprint density at radius 2 is 0.864 bits per heavy atom. The predicted molar refractivity (Wildman–Crippen MR) is 252 cm³/mol. The van der Waals surface area contributed by atoms with Crippen molar-refractivity contribution in [2.45, 2.75) is 12.8 Å². The molecule has 12 aromatic rings. The third-order valence-corrected chi connectivity index (χ3v) is 13.9. The van der Waals surface area contributed by atoms with Crippen LogP contribution in [0.25, 0.3) is 109 Å². The number of aromatic nitrogens is 2. The highest BCUT2D eigenvalue weighted by Gasteiger charge is 2.26. The standard InChI is InChI=1S/C56H36N2S/c1-3-14-35(15-4-1)39-29-40(36-16-5-2-6-17-36)32-42(31-39)58-51-33-41(44-21-13-22-48-47-20-9-12-25-53(47)59-56(44)48)28-37-26-27-38-30-43(34-52(58)55(38)54(37)51)57-49-23-10-7-18-45(49)46-19-8-11-24-50(46)57/h1-25,28-34H,26-27H2. The van der Waals surface area contributed by atoms with E-state index in [4.69, 9.17) is 0 Å². The van der Waals surface area contributed by atoms with E-state index in [1.807, 2.05) is 11.3 Å². The van der Waals surface area contributed by atoms with Crippen LogP contribution in [-0.2, 0) is 12.8 Å². The summed E-state index contributed by atoms with van der Waals surface area (Å²) in [7, 11) is 0. The van der Waals surface area contributed by atoms with E-state index in [1.165, 1.54) is 120 Å². The molecule has 0 fully saturated rings. The first-order valence-electron chi connectivity index (χ1n) is 20.5. The molecule has 276 valence electrons. The molecule has 9 aromatic carbocycles. The fourth-order valence-electron chi connectivity index (χ4n) is 10.2. The van der Waals surface area contributed by atoms with Crippen LogP contribution >= 0.6 is 11.3 Å². The molecule has 0 N–H and O–H groups in total. The molecule has 0 radical (unpaired) electrons. The summed E-state index contributed by atoms with van der Waals surface area (Å²) < 4.78 is 7.76. The van der Waals surface area contributed by atoms with E-state index in [0.29, 0.717) is 0 Å². The van der Waals surface area contributed by atoms with Crippen molar-refractivity contribution in [1.29, 1.82) is 0 Å². The molecule has 1 aliphatic carbocycles. The number of hydrogen-bond donors (Lipinski definition) is 0. The summed E-state index contributed by atoms with van der Waals surface area (Å²) >= 11 is 1.91. The number of para-hydroxylation sites is 2. The van der Waals surface area contributed by atoms with Crippen LogP contribution in [0.2, 0.25) is 0 Å². The minimum atomic E-state index is 0.990. The fourth-order valence-corrected chi connectivity index (χ4v) is 11.4. The number of hydrogen-bond acceptors (Lipinski definition) is 1. The van der Waals surface area contributed by atoms with Gasteiger partial charge in [-0.25, -0.2) is 0 Å². The van der Waals surface area contributed by atoms with Gasteiger partial charge in [0.25, 0.3) is 0 Å². The maximum atomic E-state index is 2.59. The number of rotatable bonds is 5. The summed E-state index contributed by atoms with van der Waals surface area (Å²) in [4.78, 5) is 0. The van der Waals surface area contributed by atoms with Gasteiger partial charge < -0.3 is 9.13 Å². The Hall–Kier alpha value is -7.20. The first-order valence-corrected chi connectivity index (χ1v) is 21.4. The average molecular weight is 769 g/mol. The Bertz CT molecular complexity index is 3550. The minimum absolute atomic E-state index is 0.990. The molecular weight excluding hydrogens is 733 g/mol. The highest BCUT2D eigenvalue weighted by atomic mass is 32.1. The Morgan fingerprint density at radius 1 is 0.339 bits per heavy atom. The highest BCUT2D eigenvalue weighted by molar-refractivity contribution is 7.26. The second-order valence-electron chi connectivity index (χ2n) is 16.0. The Labute approximate surface area is 345 Å². The molecule has 0 saturated heterocycles. The van der Waals surface area contributed by atoms with Crippen molar-refractivity contribution in [1.82, 2.24) is 9.13 Å². The van der Waals surface area contributed by atoms with Gasteiger partial charge in [0, 0.05) is 53.1 Å². The molecule has 13 rings (SSSR count). The largest absolute Gasteiger partial charge is 0.309 e. The lowest BCUT2D eigenvalue weighted by molar-refractivity contribution is 0.966. The van der Waals surface area contributed by atoms with Crippen molar-refractivity contribution >= 4 is 75.1 Å². The Balaban J connectivity index is 1.16. The molecule has 0 bridgehead atoms. The maximum absolute atomic E-state index is 2.59. The number of fused-ring (bicyclic) bond motifs is 6. The van der Waals surface area contributed by atoms with Crippen molar-refractivity contribution in [2.75, 3.05) is 0 Å². The number of benzene rings is 9. The van der Waals surface area contributed by atoms with Crippen molar-refractivity contribution < 1.29 is 0 Å². The van der Waals surface area contributed by atoms with E-state index in [1.54, 1.807) is 0 Å². The zero-order valence-electron chi connectivity index (χ0n) is 32.2. The summed E-state index contributed by atoms with van der Waals surface area (Å²) in [6, 6.07) is 72.3. The number of nitrogens with zero attached hydrogens (tertiary/aromatic N) is 2. The third-order valence-electron chi connectivity index (χ3n) is 12.7. The van der Waals surface area contributed by atoms with Gasteiger partial charge in [0.15, 0.2) is 0 Å². The first kappa shape index (κ1) is 32.8. The van der Waals surface area contributed by atoms with Crippen LogP contribution in [0.4, 0.5) is 0 Å². The van der Waals surface area contributed by atoms with Gasteiger partial charge in [-0.3, -0.25) is 0 Å². The quantitative estimate of drug-likeness (QED) is 0.165. The molecule has 3 heterocycles. The van der Waals surface area contributed by atoms with Crippen molar-refractivity contribution in [3.05, 3.63) is 205 Å². The van der Waals surface area contributed by atoms with E-state index < -0.39 is 0 Å². The zero-order valence-corrected chi connectivity index (χ0v) is 33.0. The highest BCUT2D eigenvalue weighted by Crippen LogP contribution is 2.47. The van der Waals surface area contributed by atoms with Crippen LogP contribution in [0.15, 0.2) is 194 Å². The molecule has 0 unspecified atom stereocenters. The lowest BCUT2D eigenvalue weighted by atomic mass is 9.88. The summed E-state index contributed by atoms with van der Waals surface area (Å²) in [6.45, 7) is 0. The molecule has 3 heteroatoms. The fraction of sp³-hybridized carbons (Fsp3) is 0.0357. The van der Waals surface area contributed by atoms with Gasteiger partial charge >= 0.3 is 0 Å². The van der Waals surface area contributed by atoms with Gasteiger partial charge in [0.2, 0.25) is 0 Å². The second kappa shape index (κ2) is 12.6. The lowest BCUT2D eigenvalue weighted by Gasteiger charge is -2.17. The predicted octanol–water partition coefficient (Wildman–Crippen LogP) is 15.3. The smallest absolute Gasteiger partial charge is 0.0564 e. The van der Waals surface area contributed by atoms with Crippen LogP contribution in [0.1, 0.15) is 11.1 Å². The molecule has 0 aliphatic heterocycles. The van der Waals surface area contributed by atoms with Gasteiger partial charge in [0.1, 0.15) is 0 Å². The summed E-state index contributed by atoms with van der Waals surface area (Å²) in [6.07, 6.45) is 1.98. The molecule has 1 aliphatic rings.